The zero-order valence-corrected chi connectivity index (χ0v) is 24.9. The standard InChI is InChI=1S/C33H39ClN4O5/c34-29-13-10-27(11-14-29)32(26-7-2-1-3-8-26)37-20-18-36(19-21-37)22-23-43-30-15-9-25(24-28(30)12-16-31(39)40)6-4-5-17-38(35)33(41)42/h1-3,7-16,24,32H,4-6,17-23,35H2,(H,39,40)(H,41,42)/b16-12+/t32-/m1/s1. The average Bonchev–Trinajstić information content (AvgIpc) is 3.01. The van der Waals surface area contributed by atoms with E-state index in [0.29, 0.717) is 30.8 Å². The third kappa shape index (κ3) is 9.83. The minimum atomic E-state index is -1.15. The summed E-state index contributed by atoms with van der Waals surface area (Å²) in [5.74, 6) is 5.02. The largest absolute Gasteiger partial charge is 0.492 e. The molecule has 0 radical (unpaired) electrons. The van der Waals surface area contributed by atoms with E-state index in [1.807, 2.05) is 36.4 Å². The lowest BCUT2D eigenvalue weighted by Gasteiger charge is -2.39. The van der Waals surface area contributed by atoms with Crippen molar-refractivity contribution in [3.63, 3.8) is 0 Å². The van der Waals surface area contributed by atoms with Crippen molar-refractivity contribution in [2.75, 3.05) is 45.9 Å². The van der Waals surface area contributed by atoms with Crippen LogP contribution < -0.4 is 10.6 Å². The molecule has 9 nitrogen and oxygen atoms in total. The van der Waals surface area contributed by atoms with Crippen molar-refractivity contribution >= 4 is 29.7 Å². The van der Waals surface area contributed by atoms with Crippen molar-refractivity contribution in [2.24, 2.45) is 5.84 Å². The molecule has 0 aliphatic carbocycles. The molecule has 0 unspecified atom stereocenters. The number of rotatable bonds is 14. The summed E-state index contributed by atoms with van der Waals surface area (Å²) >= 11 is 6.17. The predicted molar refractivity (Wildman–Crippen MR) is 168 cm³/mol. The Kier molecular flexibility index (Phi) is 12.0. The maximum atomic E-state index is 11.2. The third-order valence-electron chi connectivity index (χ3n) is 7.58. The van der Waals surface area contributed by atoms with E-state index in [4.69, 9.17) is 32.4 Å². The summed E-state index contributed by atoms with van der Waals surface area (Å²) in [4.78, 5) is 26.9. The topological polar surface area (TPSA) is 120 Å². The number of aryl methyl sites for hydroxylation is 1. The molecule has 4 N–H and O–H groups in total. The number of hydrogen-bond acceptors (Lipinski definition) is 6. The van der Waals surface area contributed by atoms with Gasteiger partial charge in [0.1, 0.15) is 12.4 Å². The van der Waals surface area contributed by atoms with Crippen molar-refractivity contribution in [2.45, 2.75) is 25.3 Å². The van der Waals surface area contributed by atoms with Gasteiger partial charge >= 0.3 is 12.1 Å². The van der Waals surface area contributed by atoms with Crippen molar-refractivity contribution in [3.05, 3.63) is 106 Å². The van der Waals surface area contributed by atoms with Gasteiger partial charge in [0.25, 0.3) is 0 Å². The molecule has 0 aromatic heterocycles. The number of ether oxygens (including phenoxy) is 1. The van der Waals surface area contributed by atoms with Gasteiger partial charge in [-0.15, -0.1) is 0 Å². The number of aliphatic carboxylic acids is 1. The lowest BCUT2D eigenvalue weighted by molar-refractivity contribution is -0.131. The van der Waals surface area contributed by atoms with Gasteiger partial charge in [-0.2, -0.15) is 0 Å². The minimum absolute atomic E-state index is 0.158. The summed E-state index contributed by atoms with van der Waals surface area (Å²) in [6, 6.07) is 24.6. The van der Waals surface area contributed by atoms with Gasteiger partial charge in [-0.25, -0.2) is 20.4 Å². The Morgan fingerprint density at radius 1 is 0.953 bits per heavy atom. The molecule has 1 fully saturated rings. The highest BCUT2D eigenvalue weighted by Crippen LogP contribution is 2.30. The van der Waals surface area contributed by atoms with Gasteiger partial charge in [0.05, 0.1) is 6.04 Å². The molecule has 1 amide bonds. The number of hydrogen-bond donors (Lipinski definition) is 3. The molecule has 1 atom stereocenters. The van der Waals surface area contributed by atoms with E-state index in [2.05, 4.69) is 46.2 Å². The first kappa shape index (κ1) is 32.0. The van der Waals surface area contributed by atoms with E-state index in [0.717, 1.165) is 60.8 Å². The summed E-state index contributed by atoms with van der Waals surface area (Å²) in [6.07, 6.45) is 3.59. The number of halogens is 1. The second-order valence-electron chi connectivity index (χ2n) is 10.6. The number of hydrazine groups is 1. The van der Waals surface area contributed by atoms with Crippen molar-refractivity contribution in [3.8, 4) is 5.75 Å². The molecule has 228 valence electrons. The zero-order valence-electron chi connectivity index (χ0n) is 24.1. The van der Waals surface area contributed by atoms with Gasteiger partial charge in [-0.1, -0.05) is 60.1 Å². The van der Waals surface area contributed by atoms with Crippen molar-refractivity contribution in [1.82, 2.24) is 14.8 Å². The van der Waals surface area contributed by atoms with Crippen LogP contribution in [0.25, 0.3) is 6.08 Å². The van der Waals surface area contributed by atoms with Gasteiger partial charge < -0.3 is 14.9 Å². The Morgan fingerprint density at radius 3 is 2.33 bits per heavy atom. The van der Waals surface area contributed by atoms with Crippen LogP contribution >= 0.6 is 11.6 Å². The zero-order chi connectivity index (χ0) is 30.6. The third-order valence-corrected chi connectivity index (χ3v) is 7.83. The van der Waals surface area contributed by atoms with Gasteiger partial charge in [0.15, 0.2) is 0 Å². The fourth-order valence-electron chi connectivity index (χ4n) is 5.31. The van der Waals surface area contributed by atoms with Gasteiger partial charge in [0.2, 0.25) is 0 Å². The first-order valence-corrected chi connectivity index (χ1v) is 14.9. The SMILES string of the molecule is NN(CCCCc1ccc(OCCN2CCN([C@H](c3ccccc3)c3ccc(Cl)cc3)CC2)c(/C=C/C(=O)O)c1)C(=O)O. The average molecular weight is 607 g/mol. The van der Waals surface area contributed by atoms with Crippen LogP contribution in [0, 0.1) is 0 Å². The van der Waals surface area contributed by atoms with Crippen LogP contribution in [0.3, 0.4) is 0 Å². The van der Waals surface area contributed by atoms with E-state index >= 15 is 0 Å². The fourth-order valence-corrected chi connectivity index (χ4v) is 5.43. The Balaban J connectivity index is 1.31. The second-order valence-corrected chi connectivity index (χ2v) is 11.0. The van der Waals surface area contributed by atoms with E-state index in [1.165, 1.54) is 11.1 Å². The molecule has 0 bridgehead atoms. The number of nitrogens with two attached hydrogens (primary N) is 1. The fraction of sp³-hybridized carbons (Fsp3) is 0.333. The van der Waals surface area contributed by atoms with Crippen LogP contribution in [-0.2, 0) is 11.2 Å². The highest BCUT2D eigenvalue weighted by Gasteiger charge is 2.26. The minimum Gasteiger partial charge on any atom is -0.492 e. The van der Waals surface area contributed by atoms with Crippen LogP contribution in [0.1, 0.15) is 41.1 Å². The Labute approximate surface area is 257 Å². The van der Waals surface area contributed by atoms with Gasteiger partial charge in [-0.3, -0.25) is 9.80 Å². The molecule has 1 heterocycles. The quantitative estimate of drug-likeness (QED) is 0.0734. The molecule has 43 heavy (non-hydrogen) atoms. The summed E-state index contributed by atoms with van der Waals surface area (Å²) in [5, 5.41) is 19.5. The predicted octanol–water partition coefficient (Wildman–Crippen LogP) is 5.40. The molecule has 0 spiro atoms. The lowest BCUT2D eigenvalue weighted by Crippen LogP contribution is -2.48. The van der Waals surface area contributed by atoms with E-state index < -0.39 is 12.1 Å². The molecule has 0 saturated carbocycles. The number of carboxylic acid groups (broad SMARTS) is 2. The molecule has 3 aromatic rings. The molecular weight excluding hydrogens is 568 g/mol. The van der Waals surface area contributed by atoms with Crippen LogP contribution in [0.15, 0.2) is 78.9 Å². The Bertz CT molecular complexity index is 1360. The van der Waals surface area contributed by atoms with Gasteiger partial charge in [-0.05, 0) is 66.3 Å². The van der Waals surface area contributed by atoms with Gasteiger partial charge in [0, 0.05) is 55.9 Å². The molecule has 10 heteroatoms. The number of piperazine rings is 1. The number of carboxylic acids is 1. The highest BCUT2D eigenvalue weighted by molar-refractivity contribution is 6.30. The lowest BCUT2D eigenvalue weighted by atomic mass is 9.96. The van der Waals surface area contributed by atoms with Crippen LogP contribution in [0.5, 0.6) is 5.75 Å². The Hall–Kier alpha value is -3.89. The summed E-state index contributed by atoms with van der Waals surface area (Å²) in [6.45, 7) is 5.14. The second kappa shape index (κ2) is 16.1. The number of amides is 1. The smallest absolute Gasteiger partial charge is 0.421 e. The molecule has 1 aliphatic heterocycles. The van der Waals surface area contributed by atoms with E-state index in [9.17, 15) is 9.59 Å². The number of nitrogens with zero attached hydrogens (tertiary/aromatic N) is 3. The molecule has 1 aliphatic rings. The normalized spacial score (nSPS) is 14.9. The maximum absolute atomic E-state index is 11.2. The van der Waals surface area contributed by atoms with Crippen molar-refractivity contribution in [1.29, 1.82) is 0 Å². The molecular formula is C33H39ClN4O5. The number of carbonyl (C=O) groups is 2. The monoisotopic (exact) mass is 606 g/mol. The Morgan fingerprint density at radius 2 is 1.65 bits per heavy atom. The maximum Gasteiger partial charge on any atom is 0.421 e. The summed E-state index contributed by atoms with van der Waals surface area (Å²) in [5.41, 5.74) is 4.19. The molecule has 4 rings (SSSR count). The summed E-state index contributed by atoms with van der Waals surface area (Å²) in [7, 11) is 0. The molecule has 1 saturated heterocycles. The van der Waals surface area contributed by atoms with Crippen molar-refractivity contribution < 1.29 is 24.5 Å². The van der Waals surface area contributed by atoms with Crippen LogP contribution in [0.4, 0.5) is 4.79 Å². The summed E-state index contributed by atoms with van der Waals surface area (Å²) < 4.78 is 6.13. The van der Waals surface area contributed by atoms with Crippen LogP contribution in [0.2, 0.25) is 5.02 Å². The first-order valence-electron chi connectivity index (χ1n) is 14.5. The molecule has 3 aromatic carbocycles. The van der Waals surface area contributed by atoms with E-state index in [1.54, 1.807) is 6.08 Å². The van der Waals surface area contributed by atoms with Crippen LogP contribution in [-0.4, -0.2) is 83.0 Å². The first-order chi connectivity index (χ1) is 20.8. The highest BCUT2D eigenvalue weighted by atomic mass is 35.5. The number of benzene rings is 3. The van der Waals surface area contributed by atoms with E-state index in [-0.39, 0.29) is 12.6 Å². The number of unbranched alkanes of at least 4 members (excludes halogenated alkanes) is 1.